The van der Waals surface area contributed by atoms with Crippen molar-refractivity contribution in [2.75, 3.05) is 27.2 Å². The van der Waals surface area contributed by atoms with E-state index in [4.69, 9.17) is 4.74 Å². The Balaban J connectivity index is 1.97. The van der Waals surface area contributed by atoms with Gasteiger partial charge in [0.1, 0.15) is 0 Å². The first-order valence-corrected chi connectivity index (χ1v) is 6.62. The van der Waals surface area contributed by atoms with E-state index < -0.39 is 0 Å². The van der Waals surface area contributed by atoms with E-state index >= 15 is 0 Å². The zero-order chi connectivity index (χ0) is 12.0. The first-order valence-electron chi connectivity index (χ1n) is 6.62. The monoisotopic (exact) mass is 225 g/mol. The van der Waals surface area contributed by atoms with Gasteiger partial charge in [0.25, 0.3) is 0 Å². The van der Waals surface area contributed by atoms with Gasteiger partial charge in [-0.3, -0.25) is 0 Å². The average Bonchev–Trinajstić information content (AvgIpc) is 2.62. The molecule has 0 unspecified atom stereocenters. The van der Waals surface area contributed by atoms with Crippen molar-refractivity contribution in [3.8, 4) is 0 Å². The molecule has 0 amide bonds. The lowest BCUT2D eigenvalue weighted by Crippen LogP contribution is -2.43. The van der Waals surface area contributed by atoms with E-state index in [2.05, 4.69) is 39.8 Å². The molecule has 2 rings (SSSR count). The summed E-state index contributed by atoms with van der Waals surface area (Å²) in [5, 5.41) is 0. The summed E-state index contributed by atoms with van der Waals surface area (Å²) in [7, 11) is 4.22. The molecule has 0 spiro atoms. The molecule has 3 atom stereocenters. The van der Waals surface area contributed by atoms with E-state index in [-0.39, 0.29) is 0 Å². The molecule has 2 aliphatic carbocycles. The fourth-order valence-electron chi connectivity index (χ4n) is 4.03. The van der Waals surface area contributed by atoms with Gasteiger partial charge in [0.2, 0.25) is 0 Å². The lowest BCUT2D eigenvalue weighted by atomic mass is 9.70. The van der Waals surface area contributed by atoms with Crippen molar-refractivity contribution >= 4 is 0 Å². The number of hydrogen-bond donors (Lipinski definition) is 0. The van der Waals surface area contributed by atoms with Crippen LogP contribution in [0, 0.1) is 16.7 Å². The van der Waals surface area contributed by atoms with Crippen LogP contribution < -0.4 is 0 Å². The van der Waals surface area contributed by atoms with Crippen LogP contribution in [0.4, 0.5) is 0 Å². The van der Waals surface area contributed by atoms with Gasteiger partial charge in [0.15, 0.2) is 0 Å². The summed E-state index contributed by atoms with van der Waals surface area (Å²) in [6.45, 7) is 9.16. The van der Waals surface area contributed by atoms with Crippen molar-refractivity contribution in [3.05, 3.63) is 0 Å². The summed E-state index contributed by atoms with van der Waals surface area (Å²) >= 11 is 0. The lowest BCUT2D eigenvalue weighted by molar-refractivity contribution is -0.0906. The second kappa shape index (κ2) is 3.99. The Hall–Kier alpha value is -0.0800. The molecule has 0 heterocycles. The van der Waals surface area contributed by atoms with Crippen LogP contribution in [0.25, 0.3) is 0 Å². The Bertz CT molecular complexity index is 257. The molecule has 16 heavy (non-hydrogen) atoms. The smallest absolute Gasteiger partial charge is 0.0682 e. The molecule has 0 radical (unpaired) electrons. The van der Waals surface area contributed by atoms with Gasteiger partial charge in [-0.2, -0.15) is 0 Å². The van der Waals surface area contributed by atoms with Crippen molar-refractivity contribution in [2.24, 2.45) is 16.7 Å². The maximum atomic E-state index is 6.22. The van der Waals surface area contributed by atoms with E-state index in [1.54, 1.807) is 0 Å². The SMILES string of the molecule is CN(C)CCO[C@@H]1C(C)(C)[C@H]2CC[C@]1(C)C2. The van der Waals surface area contributed by atoms with Gasteiger partial charge in [-0.15, -0.1) is 0 Å². The highest BCUT2D eigenvalue weighted by Crippen LogP contribution is 2.63. The van der Waals surface area contributed by atoms with Crippen LogP contribution in [0.2, 0.25) is 0 Å². The first kappa shape index (κ1) is 12.4. The van der Waals surface area contributed by atoms with Gasteiger partial charge < -0.3 is 9.64 Å². The van der Waals surface area contributed by atoms with Crippen LogP contribution in [0.5, 0.6) is 0 Å². The van der Waals surface area contributed by atoms with E-state index in [1.807, 2.05) is 0 Å². The normalized spacial score (nSPS) is 40.9. The predicted molar refractivity (Wildman–Crippen MR) is 67.5 cm³/mol. The zero-order valence-electron chi connectivity index (χ0n) is 11.5. The summed E-state index contributed by atoms with van der Waals surface area (Å²) in [4.78, 5) is 2.20. The molecule has 2 nitrogen and oxygen atoms in total. The summed E-state index contributed by atoms with van der Waals surface area (Å²) < 4.78 is 6.22. The maximum Gasteiger partial charge on any atom is 0.0682 e. The Kier molecular flexibility index (Phi) is 3.09. The molecular formula is C14H27NO. The fourth-order valence-corrected chi connectivity index (χ4v) is 4.03. The van der Waals surface area contributed by atoms with Crippen LogP contribution in [0.15, 0.2) is 0 Å². The highest BCUT2D eigenvalue weighted by atomic mass is 16.5. The van der Waals surface area contributed by atoms with Gasteiger partial charge in [-0.05, 0) is 50.1 Å². The number of ether oxygens (including phenoxy) is 1. The molecule has 0 aliphatic heterocycles. The molecular weight excluding hydrogens is 198 g/mol. The van der Waals surface area contributed by atoms with E-state index in [1.165, 1.54) is 19.3 Å². The third-order valence-electron chi connectivity index (χ3n) is 4.96. The quantitative estimate of drug-likeness (QED) is 0.729. The highest BCUT2D eigenvalue weighted by molar-refractivity contribution is 5.09. The molecule has 2 heteroatoms. The van der Waals surface area contributed by atoms with Crippen LogP contribution in [-0.4, -0.2) is 38.3 Å². The molecule has 2 bridgehead atoms. The minimum Gasteiger partial charge on any atom is -0.376 e. The zero-order valence-corrected chi connectivity index (χ0v) is 11.5. The van der Waals surface area contributed by atoms with Gasteiger partial charge in [0.05, 0.1) is 12.7 Å². The summed E-state index contributed by atoms with van der Waals surface area (Å²) in [6, 6.07) is 0. The molecule has 0 saturated heterocycles. The fraction of sp³-hybridized carbons (Fsp3) is 1.00. The van der Waals surface area contributed by atoms with E-state index in [0.717, 1.165) is 19.1 Å². The first-order chi connectivity index (χ1) is 7.36. The largest absolute Gasteiger partial charge is 0.376 e. The van der Waals surface area contributed by atoms with Crippen molar-refractivity contribution in [1.82, 2.24) is 4.90 Å². The predicted octanol–water partition coefficient (Wildman–Crippen LogP) is 2.78. The highest BCUT2D eigenvalue weighted by Gasteiger charge is 2.59. The lowest BCUT2D eigenvalue weighted by Gasteiger charge is -2.42. The second-order valence-electron chi connectivity index (χ2n) is 6.97. The summed E-state index contributed by atoms with van der Waals surface area (Å²) in [5.74, 6) is 0.891. The van der Waals surface area contributed by atoms with Crippen molar-refractivity contribution in [1.29, 1.82) is 0 Å². The van der Waals surface area contributed by atoms with Crippen LogP contribution in [0.3, 0.4) is 0 Å². The summed E-state index contributed by atoms with van der Waals surface area (Å²) in [5.41, 5.74) is 0.847. The van der Waals surface area contributed by atoms with Crippen LogP contribution in [0.1, 0.15) is 40.0 Å². The Labute approximate surface area is 100 Å². The molecule has 0 N–H and O–H groups in total. The minimum atomic E-state index is 0.388. The average molecular weight is 225 g/mol. The Morgan fingerprint density at radius 2 is 1.94 bits per heavy atom. The third kappa shape index (κ3) is 1.91. The molecule has 94 valence electrons. The number of rotatable bonds is 4. The number of fused-ring (bicyclic) bond motifs is 2. The number of likely N-dealkylation sites (N-methyl/N-ethyl adjacent to an activating group) is 1. The van der Waals surface area contributed by atoms with E-state index in [0.29, 0.717) is 16.9 Å². The standard InChI is InChI=1S/C14H27NO/c1-13(2)11-6-7-14(3,10-11)12(13)16-9-8-15(4)5/h11-12H,6-10H2,1-5H3/t11-,12+,14+/m0/s1. The molecule has 2 aliphatic rings. The third-order valence-corrected chi connectivity index (χ3v) is 4.96. The van der Waals surface area contributed by atoms with Crippen molar-refractivity contribution in [3.63, 3.8) is 0 Å². The molecule has 2 fully saturated rings. The molecule has 2 saturated carbocycles. The van der Waals surface area contributed by atoms with Gasteiger partial charge >= 0.3 is 0 Å². The molecule has 0 aromatic heterocycles. The van der Waals surface area contributed by atoms with Gasteiger partial charge in [0, 0.05) is 6.54 Å². The van der Waals surface area contributed by atoms with Gasteiger partial charge in [-0.25, -0.2) is 0 Å². The van der Waals surface area contributed by atoms with Crippen LogP contribution >= 0.6 is 0 Å². The molecule has 0 aromatic carbocycles. The summed E-state index contributed by atoms with van der Waals surface area (Å²) in [6.07, 6.45) is 4.64. The Morgan fingerprint density at radius 1 is 1.25 bits per heavy atom. The van der Waals surface area contributed by atoms with Crippen LogP contribution in [-0.2, 0) is 4.74 Å². The second-order valence-corrected chi connectivity index (χ2v) is 6.97. The number of nitrogens with zero attached hydrogens (tertiary/aromatic N) is 1. The van der Waals surface area contributed by atoms with Crippen molar-refractivity contribution < 1.29 is 4.74 Å². The minimum absolute atomic E-state index is 0.388. The molecule has 0 aromatic rings. The van der Waals surface area contributed by atoms with E-state index in [9.17, 15) is 0 Å². The van der Waals surface area contributed by atoms with Crippen molar-refractivity contribution in [2.45, 2.75) is 46.1 Å². The maximum absolute atomic E-state index is 6.22. The van der Waals surface area contributed by atoms with Gasteiger partial charge in [-0.1, -0.05) is 20.8 Å². The topological polar surface area (TPSA) is 12.5 Å². The number of hydrogen-bond acceptors (Lipinski definition) is 2. The Morgan fingerprint density at radius 3 is 2.44 bits per heavy atom.